The van der Waals surface area contributed by atoms with E-state index in [2.05, 4.69) is 4.98 Å². The second-order valence-electron chi connectivity index (χ2n) is 4.76. The Labute approximate surface area is 116 Å². The first-order valence-electron chi connectivity index (χ1n) is 6.50. The fourth-order valence-corrected chi connectivity index (χ4v) is 2.36. The van der Waals surface area contributed by atoms with E-state index in [0.29, 0.717) is 6.42 Å². The van der Waals surface area contributed by atoms with Crippen molar-refractivity contribution in [1.82, 2.24) is 4.98 Å². The van der Waals surface area contributed by atoms with Crippen molar-refractivity contribution < 1.29 is 9.50 Å². The molecule has 1 N–H and O–H groups in total. The van der Waals surface area contributed by atoms with Crippen LogP contribution in [0.15, 0.2) is 60.8 Å². The molecule has 0 saturated carbocycles. The van der Waals surface area contributed by atoms with Gasteiger partial charge in [-0.15, -0.1) is 0 Å². The van der Waals surface area contributed by atoms with Gasteiger partial charge in [-0.3, -0.25) is 4.98 Å². The first-order chi connectivity index (χ1) is 9.74. The molecule has 0 spiro atoms. The molecule has 3 rings (SSSR count). The number of aromatic nitrogens is 1. The molecule has 0 bridgehead atoms. The lowest BCUT2D eigenvalue weighted by Gasteiger charge is -2.13. The van der Waals surface area contributed by atoms with Gasteiger partial charge < -0.3 is 5.11 Å². The molecule has 0 saturated heterocycles. The van der Waals surface area contributed by atoms with Crippen molar-refractivity contribution >= 4 is 10.9 Å². The highest BCUT2D eigenvalue weighted by atomic mass is 19.1. The average molecular weight is 267 g/mol. The van der Waals surface area contributed by atoms with Crippen LogP contribution in [-0.2, 0) is 6.42 Å². The molecule has 3 heteroatoms. The Balaban J connectivity index is 1.92. The van der Waals surface area contributed by atoms with Gasteiger partial charge in [0.25, 0.3) is 0 Å². The number of halogens is 1. The number of aliphatic hydroxyl groups excluding tert-OH is 1. The Hall–Kier alpha value is -2.26. The van der Waals surface area contributed by atoms with Crippen LogP contribution in [0, 0.1) is 5.82 Å². The van der Waals surface area contributed by atoms with Crippen LogP contribution in [0.1, 0.15) is 17.2 Å². The van der Waals surface area contributed by atoms with E-state index in [9.17, 15) is 9.50 Å². The fourth-order valence-electron chi connectivity index (χ4n) is 2.36. The summed E-state index contributed by atoms with van der Waals surface area (Å²) < 4.78 is 12.9. The molecule has 1 aromatic heterocycles. The Kier molecular flexibility index (Phi) is 3.44. The standard InChI is InChI=1S/C17H14FNO/c18-13-7-5-12(6-8-13)11-17(20)15-9-10-19-16-4-2-1-3-14(15)16/h1-10,17,20H,11H2. The quantitative estimate of drug-likeness (QED) is 0.785. The zero-order valence-corrected chi connectivity index (χ0v) is 10.8. The van der Waals surface area contributed by atoms with Crippen molar-refractivity contribution in [3.05, 3.63) is 77.7 Å². The molecule has 0 radical (unpaired) electrons. The van der Waals surface area contributed by atoms with Gasteiger partial charge in [0.05, 0.1) is 11.6 Å². The van der Waals surface area contributed by atoms with Gasteiger partial charge in [0.2, 0.25) is 0 Å². The van der Waals surface area contributed by atoms with Gasteiger partial charge in [-0.05, 0) is 35.4 Å². The maximum atomic E-state index is 12.9. The van der Waals surface area contributed by atoms with Crippen LogP contribution in [0.3, 0.4) is 0 Å². The van der Waals surface area contributed by atoms with Crippen molar-refractivity contribution in [2.75, 3.05) is 0 Å². The lowest BCUT2D eigenvalue weighted by atomic mass is 9.98. The molecule has 1 heterocycles. The summed E-state index contributed by atoms with van der Waals surface area (Å²) in [7, 11) is 0. The molecular weight excluding hydrogens is 253 g/mol. The van der Waals surface area contributed by atoms with Gasteiger partial charge in [-0.25, -0.2) is 4.39 Å². The fraction of sp³-hybridized carbons (Fsp3) is 0.118. The average Bonchev–Trinajstić information content (AvgIpc) is 2.49. The third-order valence-electron chi connectivity index (χ3n) is 3.38. The number of hydrogen-bond donors (Lipinski definition) is 1. The van der Waals surface area contributed by atoms with Gasteiger partial charge in [-0.1, -0.05) is 30.3 Å². The lowest BCUT2D eigenvalue weighted by Crippen LogP contribution is -2.03. The van der Waals surface area contributed by atoms with Crippen LogP contribution in [-0.4, -0.2) is 10.1 Å². The molecule has 0 fully saturated rings. The summed E-state index contributed by atoms with van der Waals surface area (Å²) >= 11 is 0. The van der Waals surface area contributed by atoms with E-state index in [-0.39, 0.29) is 5.82 Å². The summed E-state index contributed by atoms with van der Waals surface area (Å²) in [5.41, 5.74) is 2.61. The minimum atomic E-state index is -0.631. The van der Waals surface area contributed by atoms with Crippen LogP contribution in [0.2, 0.25) is 0 Å². The number of rotatable bonds is 3. The normalized spacial score (nSPS) is 12.5. The van der Waals surface area contributed by atoms with Crippen molar-refractivity contribution in [2.24, 2.45) is 0 Å². The predicted molar refractivity (Wildman–Crippen MR) is 76.8 cm³/mol. The molecule has 0 aliphatic heterocycles. The summed E-state index contributed by atoms with van der Waals surface area (Å²) in [4.78, 5) is 4.28. The van der Waals surface area contributed by atoms with Gasteiger partial charge in [0.1, 0.15) is 5.82 Å². The summed E-state index contributed by atoms with van der Waals surface area (Å²) in [5.74, 6) is -0.266. The molecule has 100 valence electrons. The van der Waals surface area contributed by atoms with E-state index < -0.39 is 6.10 Å². The van der Waals surface area contributed by atoms with E-state index in [1.807, 2.05) is 30.3 Å². The Morgan fingerprint density at radius 1 is 1.00 bits per heavy atom. The van der Waals surface area contributed by atoms with Crippen molar-refractivity contribution in [2.45, 2.75) is 12.5 Å². The summed E-state index contributed by atoms with van der Waals surface area (Å²) in [5, 5.41) is 11.4. The Bertz CT molecular complexity index is 719. The van der Waals surface area contributed by atoms with E-state index in [1.165, 1.54) is 12.1 Å². The number of benzene rings is 2. The molecule has 0 aliphatic rings. The Morgan fingerprint density at radius 2 is 1.75 bits per heavy atom. The van der Waals surface area contributed by atoms with Crippen LogP contribution < -0.4 is 0 Å². The SMILES string of the molecule is OC(Cc1ccc(F)cc1)c1ccnc2ccccc12. The van der Waals surface area contributed by atoms with Gasteiger partial charge in [0.15, 0.2) is 0 Å². The number of para-hydroxylation sites is 1. The Morgan fingerprint density at radius 3 is 2.55 bits per heavy atom. The topological polar surface area (TPSA) is 33.1 Å². The summed E-state index contributed by atoms with van der Waals surface area (Å²) in [6, 6.07) is 15.8. The van der Waals surface area contributed by atoms with E-state index in [0.717, 1.165) is 22.0 Å². The maximum Gasteiger partial charge on any atom is 0.123 e. The summed E-state index contributed by atoms with van der Waals surface area (Å²) in [6.45, 7) is 0. The monoisotopic (exact) mass is 267 g/mol. The van der Waals surface area contributed by atoms with E-state index in [4.69, 9.17) is 0 Å². The maximum absolute atomic E-state index is 12.9. The molecule has 1 atom stereocenters. The van der Waals surface area contributed by atoms with Gasteiger partial charge >= 0.3 is 0 Å². The lowest BCUT2D eigenvalue weighted by molar-refractivity contribution is 0.180. The highest BCUT2D eigenvalue weighted by molar-refractivity contribution is 5.82. The van der Waals surface area contributed by atoms with E-state index in [1.54, 1.807) is 18.3 Å². The predicted octanol–water partition coefficient (Wildman–Crippen LogP) is 3.65. The number of nitrogens with zero attached hydrogens (tertiary/aromatic N) is 1. The highest BCUT2D eigenvalue weighted by Gasteiger charge is 2.12. The number of fused-ring (bicyclic) bond motifs is 1. The van der Waals surface area contributed by atoms with Gasteiger partial charge in [0, 0.05) is 18.0 Å². The smallest absolute Gasteiger partial charge is 0.123 e. The summed E-state index contributed by atoms with van der Waals surface area (Å²) in [6.07, 6.45) is 1.52. The molecule has 2 aromatic carbocycles. The van der Waals surface area contributed by atoms with Crippen LogP contribution in [0.5, 0.6) is 0 Å². The number of pyridine rings is 1. The molecule has 0 aliphatic carbocycles. The van der Waals surface area contributed by atoms with Crippen molar-refractivity contribution in [1.29, 1.82) is 0 Å². The zero-order valence-electron chi connectivity index (χ0n) is 10.8. The number of hydrogen-bond acceptors (Lipinski definition) is 2. The first kappa shape index (κ1) is 12.8. The minimum absolute atomic E-state index is 0.266. The van der Waals surface area contributed by atoms with Crippen LogP contribution in [0.25, 0.3) is 10.9 Å². The molecule has 0 amide bonds. The molecule has 1 unspecified atom stereocenters. The molecule has 3 aromatic rings. The van der Waals surface area contributed by atoms with Crippen molar-refractivity contribution in [3.63, 3.8) is 0 Å². The van der Waals surface area contributed by atoms with E-state index >= 15 is 0 Å². The molecular formula is C17H14FNO. The van der Waals surface area contributed by atoms with Crippen LogP contribution in [0.4, 0.5) is 4.39 Å². The second-order valence-corrected chi connectivity index (χ2v) is 4.76. The third-order valence-corrected chi connectivity index (χ3v) is 3.38. The minimum Gasteiger partial charge on any atom is -0.388 e. The largest absolute Gasteiger partial charge is 0.388 e. The van der Waals surface area contributed by atoms with Crippen molar-refractivity contribution in [3.8, 4) is 0 Å². The van der Waals surface area contributed by atoms with Gasteiger partial charge in [-0.2, -0.15) is 0 Å². The molecule has 2 nitrogen and oxygen atoms in total. The first-order valence-corrected chi connectivity index (χ1v) is 6.50. The zero-order chi connectivity index (χ0) is 13.9. The second kappa shape index (κ2) is 5.39. The third kappa shape index (κ3) is 2.53. The number of aliphatic hydroxyl groups is 1. The highest BCUT2D eigenvalue weighted by Crippen LogP contribution is 2.25. The molecule has 20 heavy (non-hydrogen) atoms. The van der Waals surface area contributed by atoms with Crippen LogP contribution >= 0.6 is 0 Å².